The van der Waals surface area contributed by atoms with Gasteiger partial charge in [-0.2, -0.15) is 0 Å². The second-order valence-electron chi connectivity index (χ2n) is 8.53. The van der Waals surface area contributed by atoms with Gasteiger partial charge < -0.3 is 31.2 Å². The van der Waals surface area contributed by atoms with Crippen molar-refractivity contribution in [2.45, 2.75) is 38.0 Å². The number of methoxy groups -OCH3 is 1. The van der Waals surface area contributed by atoms with Crippen molar-refractivity contribution in [3.63, 3.8) is 0 Å². The first-order valence-electron chi connectivity index (χ1n) is 11.0. The molecule has 2 aliphatic rings. The summed E-state index contributed by atoms with van der Waals surface area (Å²) in [5, 5.41) is 3.28. The summed E-state index contributed by atoms with van der Waals surface area (Å²) in [5.74, 6) is -1.20. The van der Waals surface area contributed by atoms with E-state index in [4.69, 9.17) is 20.9 Å². The number of benzene rings is 2. The molecule has 6 nitrogen and oxygen atoms in total. The molecule has 1 saturated heterocycles. The SMILES string of the molecule is CCC12CNC(N)=C(/C=C(\N)c3cc(F)cc(F)c3OC)N1CC(OCc1ccccc1)C2. The van der Waals surface area contributed by atoms with E-state index in [2.05, 4.69) is 17.1 Å². The maximum atomic E-state index is 14.2. The fourth-order valence-electron chi connectivity index (χ4n) is 4.74. The fraction of sp³-hybridized carbons (Fsp3) is 0.360. The van der Waals surface area contributed by atoms with Gasteiger partial charge in [-0.3, -0.25) is 0 Å². The Balaban J connectivity index is 1.62. The van der Waals surface area contributed by atoms with E-state index in [1.54, 1.807) is 6.08 Å². The number of hydrogen-bond donors (Lipinski definition) is 3. The molecule has 0 aromatic heterocycles. The average molecular weight is 457 g/mol. The lowest BCUT2D eigenvalue weighted by Crippen LogP contribution is -2.55. The van der Waals surface area contributed by atoms with Crippen LogP contribution in [0.15, 0.2) is 60.1 Å². The number of hydrogen-bond acceptors (Lipinski definition) is 6. The molecule has 0 bridgehead atoms. The molecule has 0 amide bonds. The van der Waals surface area contributed by atoms with E-state index in [0.717, 1.165) is 30.5 Å². The first-order chi connectivity index (χ1) is 15.9. The highest BCUT2D eigenvalue weighted by molar-refractivity contribution is 5.71. The first kappa shape index (κ1) is 22.9. The van der Waals surface area contributed by atoms with Gasteiger partial charge in [0.25, 0.3) is 0 Å². The second kappa shape index (κ2) is 9.31. The van der Waals surface area contributed by atoms with E-state index in [1.807, 2.05) is 30.3 Å². The summed E-state index contributed by atoms with van der Waals surface area (Å²) in [6, 6.07) is 12.0. The van der Waals surface area contributed by atoms with Gasteiger partial charge in [0.2, 0.25) is 0 Å². The maximum absolute atomic E-state index is 14.2. The van der Waals surface area contributed by atoms with Crippen LogP contribution >= 0.6 is 0 Å². The highest BCUT2D eigenvalue weighted by Gasteiger charge is 2.48. The number of halogens is 2. The van der Waals surface area contributed by atoms with E-state index in [-0.39, 0.29) is 28.7 Å². The van der Waals surface area contributed by atoms with E-state index in [9.17, 15) is 8.78 Å². The normalized spacial score (nSPS) is 22.8. The van der Waals surface area contributed by atoms with Gasteiger partial charge >= 0.3 is 0 Å². The molecule has 4 rings (SSSR count). The van der Waals surface area contributed by atoms with Crippen LogP contribution in [0.4, 0.5) is 8.78 Å². The van der Waals surface area contributed by atoms with Crippen LogP contribution < -0.4 is 21.5 Å². The molecule has 8 heteroatoms. The Bertz CT molecular complexity index is 1070. The fourth-order valence-corrected chi connectivity index (χ4v) is 4.74. The lowest BCUT2D eigenvalue weighted by atomic mass is 9.90. The summed E-state index contributed by atoms with van der Waals surface area (Å²) < 4.78 is 39.5. The molecule has 5 N–H and O–H groups in total. The number of fused-ring (bicyclic) bond motifs is 1. The van der Waals surface area contributed by atoms with Crippen LogP contribution in [0.2, 0.25) is 0 Å². The van der Waals surface area contributed by atoms with E-state index < -0.39 is 11.6 Å². The van der Waals surface area contributed by atoms with Crippen molar-refractivity contribution >= 4 is 5.70 Å². The van der Waals surface area contributed by atoms with E-state index in [1.165, 1.54) is 7.11 Å². The number of ether oxygens (including phenoxy) is 2. The van der Waals surface area contributed by atoms with Gasteiger partial charge in [-0.1, -0.05) is 37.3 Å². The van der Waals surface area contributed by atoms with Gasteiger partial charge in [0.1, 0.15) is 11.6 Å². The van der Waals surface area contributed by atoms with Gasteiger partial charge in [0, 0.05) is 36.8 Å². The van der Waals surface area contributed by atoms with Crippen molar-refractivity contribution in [2.24, 2.45) is 11.5 Å². The van der Waals surface area contributed by atoms with Gasteiger partial charge in [0.05, 0.1) is 31.1 Å². The van der Waals surface area contributed by atoms with Crippen molar-refractivity contribution in [3.05, 3.63) is 82.8 Å². The van der Waals surface area contributed by atoms with Gasteiger partial charge in [-0.05, 0) is 24.1 Å². The Labute approximate surface area is 192 Å². The minimum atomic E-state index is -0.814. The van der Waals surface area contributed by atoms with E-state index >= 15 is 0 Å². The molecule has 0 aliphatic carbocycles. The summed E-state index contributed by atoms with van der Waals surface area (Å²) in [6.45, 7) is 3.97. The summed E-state index contributed by atoms with van der Waals surface area (Å²) in [5.41, 5.74) is 14.5. The zero-order valence-electron chi connectivity index (χ0n) is 18.9. The molecule has 0 radical (unpaired) electrons. The van der Waals surface area contributed by atoms with Crippen LogP contribution in [0.5, 0.6) is 5.75 Å². The Hall–Kier alpha value is -3.26. The molecule has 2 aliphatic heterocycles. The minimum Gasteiger partial charge on any atom is -0.493 e. The minimum absolute atomic E-state index is 0.00336. The first-order valence-corrected chi connectivity index (χ1v) is 11.0. The molecule has 2 unspecified atom stereocenters. The molecule has 2 heterocycles. The number of nitrogens with zero attached hydrogens (tertiary/aromatic N) is 1. The predicted molar refractivity (Wildman–Crippen MR) is 124 cm³/mol. The van der Waals surface area contributed by atoms with Crippen LogP contribution in [0.25, 0.3) is 5.70 Å². The third-order valence-electron chi connectivity index (χ3n) is 6.54. The number of nitrogens with one attached hydrogen (secondary N) is 1. The largest absolute Gasteiger partial charge is 0.493 e. The average Bonchev–Trinajstić information content (AvgIpc) is 3.19. The lowest BCUT2D eigenvalue weighted by molar-refractivity contribution is 0.0477. The second-order valence-corrected chi connectivity index (χ2v) is 8.53. The standard InChI is InChI=1S/C25H30F2N4O2/c1-3-25-12-18(33-14-16-7-5-4-6-8-16)13-31(25)22(24(29)30-15-25)11-21(28)19-9-17(26)10-20(27)23(19)32-2/h4-11,18,30H,3,12-15,28-29H2,1-2H3/b21-11-. The van der Waals surface area contributed by atoms with E-state index in [0.29, 0.717) is 31.2 Å². The number of allylic oxidation sites excluding steroid dienone is 1. The van der Waals surface area contributed by atoms with Gasteiger partial charge in [-0.15, -0.1) is 0 Å². The number of rotatable bonds is 7. The van der Waals surface area contributed by atoms with Crippen LogP contribution in [-0.2, 0) is 11.3 Å². The zero-order valence-corrected chi connectivity index (χ0v) is 18.9. The number of nitrogens with two attached hydrogens (primary N) is 2. The third-order valence-corrected chi connectivity index (χ3v) is 6.54. The van der Waals surface area contributed by atoms with Crippen LogP contribution in [0, 0.1) is 11.6 Å². The molecule has 0 saturated carbocycles. The lowest BCUT2D eigenvalue weighted by Gasteiger charge is -2.44. The molecule has 2 atom stereocenters. The van der Waals surface area contributed by atoms with Crippen LogP contribution in [-0.4, -0.2) is 36.7 Å². The summed E-state index contributed by atoms with van der Waals surface area (Å²) in [6.07, 6.45) is 3.35. The van der Waals surface area contributed by atoms with Crippen molar-refractivity contribution in [2.75, 3.05) is 20.2 Å². The zero-order chi connectivity index (χ0) is 23.6. The molecule has 2 aromatic carbocycles. The summed E-state index contributed by atoms with van der Waals surface area (Å²) in [7, 11) is 1.32. The van der Waals surface area contributed by atoms with Crippen LogP contribution in [0.3, 0.4) is 0 Å². The third kappa shape index (κ3) is 4.48. The van der Waals surface area contributed by atoms with Crippen molar-refractivity contribution in [1.82, 2.24) is 10.2 Å². The highest BCUT2D eigenvalue weighted by Crippen LogP contribution is 2.40. The summed E-state index contributed by atoms with van der Waals surface area (Å²) >= 11 is 0. The van der Waals surface area contributed by atoms with Crippen molar-refractivity contribution in [3.8, 4) is 5.75 Å². The molecule has 33 heavy (non-hydrogen) atoms. The Morgan fingerprint density at radius 2 is 2.03 bits per heavy atom. The Morgan fingerprint density at radius 1 is 1.27 bits per heavy atom. The van der Waals surface area contributed by atoms with Gasteiger partial charge in [0.15, 0.2) is 11.6 Å². The molecule has 2 aromatic rings. The summed E-state index contributed by atoms with van der Waals surface area (Å²) in [4.78, 5) is 2.21. The molecule has 1 fully saturated rings. The maximum Gasteiger partial charge on any atom is 0.168 e. The predicted octanol–water partition coefficient (Wildman–Crippen LogP) is 3.44. The Morgan fingerprint density at radius 3 is 2.73 bits per heavy atom. The monoisotopic (exact) mass is 456 g/mol. The smallest absolute Gasteiger partial charge is 0.168 e. The molecule has 176 valence electrons. The molecular weight excluding hydrogens is 426 g/mol. The molecule has 0 spiro atoms. The Kier molecular flexibility index (Phi) is 6.47. The highest BCUT2D eigenvalue weighted by atomic mass is 19.1. The van der Waals surface area contributed by atoms with Crippen LogP contribution in [0.1, 0.15) is 30.9 Å². The quantitative estimate of drug-likeness (QED) is 0.592. The van der Waals surface area contributed by atoms with Crippen molar-refractivity contribution < 1.29 is 18.3 Å². The van der Waals surface area contributed by atoms with Gasteiger partial charge in [-0.25, -0.2) is 8.78 Å². The van der Waals surface area contributed by atoms with Crippen molar-refractivity contribution in [1.29, 1.82) is 0 Å². The topological polar surface area (TPSA) is 85.8 Å². The molecular formula is C25H30F2N4O2.